The number of carbonyl (C=O) groups is 1. The fourth-order valence-electron chi connectivity index (χ4n) is 2.17. The molecule has 0 rings (SSSR count). The van der Waals surface area contributed by atoms with Gasteiger partial charge in [-0.3, -0.25) is 0 Å². The van der Waals surface area contributed by atoms with Gasteiger partial charge in [0.1, 0.15) is 5.60 Å². The number of rotatable bonds is 14. The molecule has 28 heavy (non-hydrogen) atoms. The van der Waals surface area contributed by atoms with Crippen molar-refractivity contribution in [2.45, 2.75) is 84.7 Å². The molecule has 0 aliphatic carbocycles. The maximum absolute atomic E-state index is 11.4. The molecule has 0 aromatic carbocycles. The van der Waals surface area contributed by atoms with E-state index in [1.807, 2.05) is 20.8 Å². The maximum atomic E-state index is 11.4. The Bertz CT molecular complexity index is 516. The minimum atomic E-state index is -0.581. The Morgan fingerprint density at radius 3 is 1.64 bits per heavy atom. The summed E-state index contributed by atoms with van der Waals surface area (Å²) in [4.78, 5) is 11.4. The van der Waals surface area contributed by atoms with Crippen LogP contribution >= 0.6 is 0 Å². The predicted molar refractivity (Wildman–Crippen MR) is 120 cm³/mol. The van der Waals surface area contributed by atoms with E-state index >= 15 is 0 Å². The number of hydrogen-bond acceptors (Lipinski definition) is 3. The van der Waals surface area contributed by atoms with E-state index in [2.05, 4.69) is 67.7 Å². The van der Waals surface area contributed by atoms with Gasteiger partial charge in [-0.25, -0.2) is 4.79 Å². The molecule has 0 bridgehead atoms. The molecule has 0 amide bonds. The van der Waals surface area contributed by atoms with Crippen LogP contribution in [0.1, 0.15) is 79.1 Å². The zero-order chi connectivity index (χ0) is 20.9. The fraction of sp³-hybridized carbons (Fsp3) is 0.560. The van der Waals surface area contributed by atoms with E-state index in [1.54, 1.807) is 0 Å². The lowest BCUT2D eigenvalue weighted by molar-refractivity contribution is -0.00762. The lowest BCUT2D eigenvalue weighted by atomic mass is 10.2. The minimum absolute atomic E-state index is 0.416. The molecule has 0 atom stereocenters. The smallest absolute Gasteiger partial charge is 0.434 e. The van der Waals surface area contributed by atoms with Crippen LogP contribution in [0.4, 0.5) is 4.79 Å². The van der Waals surface area contributed by atoms with Gasteiger partial charge in [-0.1, -0.05) is 67.7 Å². The first kappa shape index (κ1) is 26.0. The Morgan fingerprint density at radius 2 is 1.18 bits per heavy atom. The summed E-state index contributed by atoms with van der Waals surface area (Å²) in [7, 11) is 0. The largest absolute Gasteiger partial charge is 0.508 e. The molecular weight excluding hydrogens is 348 g/mol. The van der Waals surface area contributed by atoms with Gasteiger partial charge in [0.25, 0.3) is 0 Å². The summed E-state index contributed by atoms with van der Waals surface area (Å²) in [6.45, 7) is 8.05. The summed E-state index contributed by atoms with van der Waals surface area (Å²) < 4.78 is 10.1. The van der Waals surface area contributed by atoms with E-state index in [0.717, 1.165) is 51.4 Å². The van der Waals surface area contributed by atoms with Crippen molar-refractivity contribution in [2.24, 2.45) is 0 Å². The first-order valence-electron chi connectivity index (χ1n) is 10.6. The molecule has 0 unspecified atom stereocenters. The highest BCUT2D eigenvalue weighted by Gasteiger charge is 2.16. The molecule has 0 aromatic rings. The summed E-state index contributed by atoms with van der Waals surface area (Å²) in [6, 6.07) is 0. The van der Waals surface area contributed by atoms with Crippen LogP contribution in [0.2, 0.25) is 0 Å². The molecule has 158 valence electrons. The molecule has 0 spiro atoms. The number of unbranched alkanes of at least 4 members (excludes halogenated alkanes) is 2. The second-order valence-electron chi connectivity index (χ2n) is 7.52. The predicted octanol–water partition coefficient (Wildman–Crippen LogP) is 7.86. The van der Waals surface area contributed by atoms with Gasteiger partial charge in [-0.15, -0.1) is 0 Å². The van der Waals surface area contributed by atoms with Crippen LogP contribution in [0.25, 0.3) is 0 Å². The summed E-state index contributed by atoms with van der Waals surface area (Å²) in [6.07, 6.45) is 29.4. The Morgan fingerprint density at radius 1 is 0.714 bits per heavy atom. The number of hydrogen-bond donors (Lipinski definition) is 0. The van der Waals surface area contributed by atoms with Crippen LogP contribution in [0.5, 0.6) is 0 Å². The molecule has 3 nitrogen and oxygen atoms in total. The molecule has 0 radical (unpaired) electrons. The zero-order valence-corrected chi connectivity index (χ0v) is 18.4. The van der Waals surface area contributed by atoms with Gasteiger partial charge in [0.2, 0.25) is 0 Å². The molecule has 0 N–H and O–H groups in total. The Kier molecular flexibility index (Phi) is 17.0. The van der Waals surface area contributed by atoms with Gasteiger partial charge >= 0.3 is 6.16 Å². The van der Waals surface area contributed by atoms with E-state index in [-0.39, 0.29) is 0 Å². The molecule has 0 fully saturated rings. The highest BCUT2D eigenvalue weighted by molar-refractivity contribution is 5.60. The highest BCUT2D eigenvalue weighted by atomic mass is 16.7. The van der Waals surface area contributed by atoms with E-state index in [4.69, 9.17) is 9.47 Å². The summed E-state index contributed by atoms with van der Waals surface area (Å²) in [5.41, 5.74) is -0.494. The molecular formula is C25H40O3. The van der Waals surface area contributed by atoms with Crippen molar-refractivity contribution in [2.75, 3.05) is 6.61 Å². The Labute approximate surface area is 172 Å². The minimum Gasteiger partial charge on any atom is -0.434 e. The summed E-state index contributed by atoms with van der Waals surface area (Å²) in [5.74, 6) is 0. The van der Waals surface area contributed by atoms with Crippen molar-refractivity contribution in [1.29, 1.82) is 0 Å². The van der Waals surface area contributed by atoms with E-state index in [9.17, 15) is 4.79 Å². The number of ether oxygens (including phenoxy) is 2. The average molecular weight is 389 g/mol. The van der Waals surface area contributed by atoms with Gasteiger partial charge < -0.3 is 9.47 Å². The zero-order valence-electron chi connectivity index (χ0n) is 18.4. The molecule has 0 saturated heterocycles. The van der Waals surface area contributed by atoms with Crippen molar-refractivity contribution < 1.29 is 14.3 Å². The summed E-state index contributed by atoms with van der Waals surface area (Å²) in [5, 5.41) is 0. The van der Waals surface area contributed by atoms with Crippen LogP contribution in [-0.4, -0.2) is 18.4 Å². The SMILES string of the molecule is CC/C=C\C/C=C\C/C=C\C/C=C\C/C=C\CCCCOC(=O)OC(C)(C)C. The fourth-order valence-corrected chi connectivity index (χ4v) is 2.17. The molecule has 0 aromatic heterocycles. The second kappa shape index (κ2) is 18.3. The molecule has 0 aliphatic heterocycles. The highest BCUT2D eigenvalue weighted by Crippen LogP contribution is 2.08. The Hall–Kier alpha value is -2.03. The topological polar surface area (TPSA) is 35.5 Å². The number of carbonyl (C=O) groups excluding carboxylic acids is 1. The van der Waals surface area contributed by atoms with Gasteiger partial charge in [0.15, 0.2) is 0 Å². The third-order valence-electron chi connectivity index (χ3n) is 3.53. The average Bonchev–Trinajstić information content (AvgIpc) is 2.62. The van der Waals surface area contributed by atoms with Gasteiger partial charge in [-0.2, -0.15) is 0 Å². The van der Waals surface area contributed by atoms with Crippen molar-refractivity contribution >= 4 is 6.16 Å². The maximum Gasteiger partial charge on any atom is 0.508 e. The quantitative estimate of drug-likeness (QED) is 0.172. The van der Waals surface area contributed by atoms with E-state index in [0.29, 0.717) is 6.61 Å². The third kappa shape index (κ3) is 22.0. The first-order chi connectivity index (χ1) is 13.5. The molecule has 0 saturated carbocycles. The van der Waals surface area contributed by atoms with Crippen LogP contribution < -0.4 is 0 Å². The normalized spacial score (nSPS) is 13.0. The third-order valence-corrected chi connectivity index (χ3v) is 3.53. The molecule has 0 heterocycles. The lowest BCUT2D eigenvalue weighted by Gasteiger charge is -2.18. The standard InChI is InChI=1S/C25H40O3/c1-5-6-7-8-9-10-11-12-13-14-15-16-17-18-19-20-21-22-23-27-24(26)28-25(2,3)4/h6-7,9-10,12-13,15-16,18-19H,5,8,11,14,17,20-23H2,1-4H3/b7-6-,10-9-,13-12-,16-15-,19-18-. The van der Waals surface area contributed by atoms with Gasteiger partial charge in [-0.05, 0) is 72.1 Å². The van der Waals surface area contributed by atoms with Crippen molar-refractivity contribution in [3.63, 3.8) is 0 Å². The number of allylic oxidation sites excluding steroid dienone is 10. The Balaban J connectivity index is 3.51. The van der Waals surface area contributed by atoms with Crippen LogP contribution in [0.15, 0.2) is 60.8 Å². The van der Waals surface area contributed by atoms with Crippen molar-refractivity contribution in [3.05, 3.63) is 60.8 Å². The lowest BCUT2D eigenvalue weighted by Crippen LogP contribution is -2.24. The van der Waals surface area contributed by atoms with Crippen LogP contribution in [0.3, 0.4) is 0 Å². The van der Waals surface area contributed by atoms with Gasteiger partial charge in [0.05, 0.1) is 6.61 Å². The van der Waals surface area contributed by atoms with Crippen molar-refractivity contribution in [3.8, 4) is 0 Å². The van der Waals surface area contributed by atoms with Crippen LogP contribution in [-0.2, 0) is 9.47 Å². The van der Waals surface area contributed by atoms with E-state index in [1.165, 1.54) is 0 Å². The first-order valence-corrected chi connectivity index (χ1v) is 10.6. The van der Waals surface area contributed by atoms with Crippen LogP contribution in [0, 0.1) is 0 Å². The molecule has 0 aliphatic rings. The molecule has 3 heteroatoms. The monoisotopic (exact) mass is 388 g/mol. The summed E-state index contributed by atoms with van der Waals surface area (Å²) >= 11 is 0. The van der Waals surface area contributed by atoms with E-state index < -0.39 is 11.8 Å². The van der Waals surface area contributed by atoms with Crippen molar-refractivity contribution in [1.82, 2.24) is 0 Å². The second-order valence-corrected chi connectivity index (χ2v) is 7.52. The van der Waals surface area contributed by atoms with Gasteiger partial charge in [0, 0.05) is 0 Å².